The maximum atomic E-state index is 12.6. The van der Waals surface area contributed by atoms with Crippen molar-refractivity contribution in [3.8, 4) is 0 Å². The minimum absolute atomic E-state index is 0.289. The van der Waals surface area contributed by atoms with Crippen LogP contribution in [0, 0.1) is 0 Å². The van der Waals surface area contributed by atoms with Gasteiger partial charge in [-0.2, -0.15) is 5.10 Å². The van der Waals surface area contributed by atoms with Gasteiger partial charge in [0.25, 0.3) is 11.8 Å². The Morgan fingerprint density at radius 2 is 1.61 bits per heavy atom. The van der Waals surface area contributed by atoms with E-state index in [1.54, 1.807) is 51.2 Å². The molecule has 2 aromatic carbocycles. The Morgan fingerprint density at radius 1 is 0.964 bits per heavy atom. The van der Waals surface area contributed by atoms with Gasteiger partial charge >= 0.3 is 6.03 Å². The number of H-pyrrole nitrogens is 1. The van der Waals surface area contributed by atoms with Crippen LogP contribution in [0.1, 0.15) is 41.5 Å². The fourth-order valence-corrected chi connectivity index (χ4v) is 3.24. The van der Waals surface area contributed by atoms with E-state index in [1.807, 2.05) is 6.07 Å². The summed E-state index contributed by atoms with van der Waals surface area (Å²) >= 11 is 0. The van der Waals surface area contributed by atoms with E-state index in [-0.39, 0.29) is 17.4 Å². The highest BCUT2D eigenvalue weighted by molar-refractivity contribution is 6.22. The van der Waals surface area contributed by atoms with Gasteiger partial charge in [-0.3, -0.25) is 19.6 Å². The summed E-state index contributed by atoms with van der Waals surface area (Å²) in [5, 5.41) is 13.1. The quantitative estimate of drug-likeness (QED) is 0.593. The van der Waals surface area contributed by atoms with Crippen molar-refractivity contribution in [2.24, 2.45) is 0 Å². The first kappa shape index (κ1) is 17.7. The minimum atomic E-state index is -0.622. The molecule has 1 aromatic heterocycles. The van der Waals surface area contributed by atoms with Crippen LogP contribution in [-0.2, 0) is 0 Å². The third-order valence-corrected chi connectivity index (χ3v) is 4.52. The van der Waals surface area contributed by atoms with E-state index in [1.165, 1.54) is 11.0 Å². The number of fused-ring (bicyclic) bond motifs is 2. The molecule has 0 aliphatic carbocycles. The predicted octanol–water partition coefficient (Wildman–Crippen LogP) is 3.60. The zero-order valence-electron chi connectivity index (χ0n) is 15.7. The Balaban J connectivity index is 1.52. The van der Waals surface area contributed by atoms with Crippen LogP contribution in [0.5, 0.6) is 0 Å². The standard InChI is InChI=1S/C20H19N5O3/c1-20(2,3)25-17(26)14-7-6-12(8-15(14)18(25)27)22-19(28)23-13-5-4-11-10-21-24-16(11)9-13/h4-10H,1-3H3,(H,21,24)(H2,22,23,28). The van der Waals surface area contributed by atoms with E-state index < -0.39 is 11.6 Å². The second-order valence-corrected chi connectivity index (χ2v) is 7.63. The molecule has 1 aliphatic rings. The van der Waals surface area contributed by atoms with E-state index in [4.69, 9.17) is 0 Å². The number of aromatic nitrogens is 2. The number of rotatable bonds is 2. The van der Waals surface area contributed by atoms with Crippen LogP contribution >= 0.6 is 0 Å². The molecule has 0 bridgehead atoms. The summed E-state index contributed by atoms with van der Waals surface area (Å²) in [4.78, 5) is 38.7. The molecule has 8 heteroatoms. The number of amides is 4. The molecule has 0 fully saturated rings. The molecule has 0 radical (unpaired) electrons. The van der Waals surface area contributed by atoms with Crippen molar-refractivity contribution in [2.75, 3.05) is 10.6 Å². The summed E-state index contributed by atoms with van der Waals surface area (Å²) in [6, 6.07) is 9.62. The highest BCUT2D eigenvalue weighted by Gasteiger charge is 2.41. The summed E-state index contributed by atoms with van der Waals surface area (Å²) in [7, 11) is 0. The van der Waals surface area contributed by atoms with Gasteiger partial charge in [-0.1, -0.05) is 0 Å². The van der Waals surface area contributed by atoms with Crippen LogP contribution in [0.2, 0.25) is 0 Å². The first-order valence-electron chi connectivity index (χ1n) is 8.78. The van der Waals surface area contributed by atoms with E-state index in [9.17, 15) is 14.4 Å². The number of hydrogen-bond donors (Lipinski definition) is 3. The van der Waals surface area contributed by atoms with Gasteiger partial charge in [0.2, 0.25) is 0 Å². The third kappa shape index (κ3) is 2.98. The molecule has 0 unspecified atom stereocenters. The van der Waals surface area contributed by atoms with Gasteiger partial charge in [0, 0.05) is 22.3 Å². The fraction of sp³-hybridized carbons (Fsp3) is 0.200. The van der Waals surface area contributed by atoms with Crippen LogP contribution in [0.25, 0.3) is 10.9 Å². The van der Waals surface area contributed by atoms with Crippen molar-refractivity contribution in [1.82, 2.24) is 15.1 Å². The van der Waals surface area contributed by atoms with Crippen molar-refractivity contribution >= 4 is 40.1 Å². The molecule has 3 aromatic rings. The number of benzene rings is 2. The van der Waals surface area contributed by atoms with E-state index >= 15 is 0 Å². The Labute approximate surface area is 160 Å². The van der Waals surface area contributed by atoms with Crippen molar-refractivity contribution in [1.29, 1.82) is 0 Å². The lowest BCUT2D eigenvalue weighted by atomic mass is 10.1. The number of anilines is 2. The lowest BCUT2D eigenvalue weighted by molar-refractivity contribution is 0.0507. The lowest BCUT2D eigenvalue weighted by Crippen LogP contribution is -2.45. The minimum Gasteiger partial charge on any atom is -0.308 e. The second-order valence-electron chi connectivity index (χ2n) is 7.63. The monoisotopic (exact) mass is 377 g/mol. The normalized spacial score (nSPS) is 13.8. The SMILES string of the molecule is CC(C)(C)N1C(=O)c2ccc(NC(=O)Nc3ccc4cn[nH]c4c3)cc2C1=O. The van der Waals surface area contributed by atoms with Crippen molar-refractivity contribution in [2.45, 2.75) is 26.3 Å². The molecule has 0 saturated heterocycles. The Bertz CT molecular complexity index is 1130. The van der Waals surface area contributed by atoms with E-state index in [0.717, 1.165) is 10.9 Å². The second kappa shape index (κ2) is 6.19. The third-order valence-electron chi connectivity index (χ3n) is 4.52. The van der Waals surface area contributed by atoms with Crippen molar-refractivity contribution in [3.63, 3.8) is 0 Å². The van der Waals surface area contributed by atoms with Gasteiger partial charge in [0.15, 0.2) is 0 Å². The van der Waals surface area contributed by atoms with Crippen LogP contribution in [0.4, 0.5) is 16.2 Å². The number of hydrogen-bond acceptors (Lipinski definition) is 4. The molecule has 0 atom stereocenters. The summed E-state index contributed by atoms with van der Waals surface area (Å²) in [6.45, 7) is 5.41. The van der Waals surface area contributed by atoms with Gasteiger partial charge in [0.1, 0.15) is 0 Å². The average molecular weight is 377 g/mol. The molecule has 0 saturated carbocycles. The van der Waals surface area contributed by atoms with Crippen LogP contribution in [-0.4, -0.2) is 38.5 Å². The first-order valence-corrected chi connectivity index (χ1v) is 8.78. The lowest BCUT2D eigenvalue weighted by Gasteiger charge is -2.29. The highest BCUT2D eigenvalue weighted by atomic mass is 16.2. The first-order chi connectivity index (χ1) is 13.2. The van der Waals surface area contributed by atoms with Gasteiger partial charge in [0.05, 0.1) is 22.8 Å². The molecule has 2 heterocycles. The zero-order chi connectivity index (χ0) is 20.1. The summed E-state index contributed by atoms with van der Waals surface area (Å²) < 4.78 is 0. The van der Waals surface area contributed by atoms with Gasteiger partial charge in [-0.25, -0.2) is 4.79 Å². The molecule has 3 N–H and O–H groups in total. The smallest absolute Gasteiger partial charge is 0.308 e. The number of nitrogens with one attached hydrogen (secondary N) is 3. The molecule has 4 rings (SSSR count). The molecular weight excluding hydrogens is 358 g/mol. The van der Waals surface area contributed by atoms with Crippen molar-refractivity contribution < 1.29 is 14.4 Å². The van der Waals surface area contributed by atoms with E-state index in [0.29, 0.717) is 16.9 Å². The maximum absolute atomic E-state index is 12.6. The summed E-state index contributed by atoms with van der Waals surface area (Å²) in [5.74, 6) is -0.683. The van der Waals surface area contributed by atoms with E-state index in [2.05, 4.69) is 20.8 Å². The maximum Gasteiger partial charge on any atom is 0.323 e. The van der Waals surface area contributed by atoms with Gasteiger partial charge < -0.3 is 10.6 Å². The molecule has 142 valence electrons. The fourth-order valence-electron chi connectivity index (χ4n) is 3.24. The Hall–Kier alpha value is -3.68. The highest BCUT2D eigenvalue weighted by Crippen LogP contribution is 2.31. The molecule has 8 nitrogen and oxygen atoms in total. The van der Waals surface area contributed by atoms with Crippen LogP contribution in [0.15, 0.2) is 42.6 Å². The Kier molecular flexibility index (Phi) is 3.92. The molecule has 1 aliphatic heterocycles. The summed E-state index contributed by atoms with van der Waals surface area (Å²) in [6.07, 6.45) is 1.70. The number of imide groups is 1. The largest absolute Gasteiger partial charge is 0.323 e. The predicted molar refractivity (Wildman–Crippen MR) is 105 cm³/mol. The van der Waals surface area contributed by atoms with Gasteiger partial charge in [-0.05, 0) is 57.2 Å². The number of aromatic amines is 1. The topological polar surface area (TPSA) is 107 Å². The number of carbonyl (C=O) groups excluding carboxylic acids is 3. The van der Waals surface area contributed by atoms with Gasteiger partial charge in [-0.15, -0.1) is 0 Å². The average Bonchev–Trinajstić information content (AvgIpc) is 3.17. The van der Waals surface area contributed by atoms with Crippen LogP contribution < -0.4 is 10.6 Å². The number of urea groups is 1. The molecule has 4 amide bonds. The number of nitrogens with zero attached hydrogens (tertiary/aromatic N) is 2. The molecular formula is C20H19N5O3. The van der Waals surface area contributed by atoms with Crippen molar-refractivity contribution in [3.05, 3.63) is 53.7 Å². The number of carbonyl (C=O) groups is 3. The molecule has 0 spiro atoms. The molecule has 28 heavy (non-hydrogen) atoms. The Morgan fingerprint density at radius 3 is 2.32 bits per heavy atom. The zero-order valence-corrected chi connectivity index (χ0v) is 15.7. The van der Waals surface area contributed by atoms with Crippen LogP contribution in [0.3, 0.4) is 0 Å². The summed E-state index contributed by atoms with van der Waals surface area (Å²) in [5.41, 5.74) is 1.84.